The van der Waals surface area contributed by atoms with Crippen LogP contribution in [0.4, 0.5) is 0 Å². The van der Waals surface area contributed by atoms with E-state index in [9.17, 15) is 8.42 Å². The summed E-state index contributed by atoms with van der Waals surface area (Å²) in [5.74, 6) is 1.93. The maximum absolute atomic E-state index is 12.5. The highest BCUT2D eigenvalue weighted by Crippen LogP contribution is 2.38. The molecule has 2 saturated heterocycles. The van der Waals surface area contributed by atoms with E-state index < -0.39 is 9.84 Å². The van der Waals surface area contributed by atoms with Crippen LogP contribution >= 0.6 is 11.8 Å². The molecule has 2 unspecified atom stereocenters. The lowest BCUT2D eigenvalue weighted by Gasteiger charge is -2.47. The summed E-state index contributed by atoms with van der Waals surface area (Å²) in [7, 11) is -3.05. The number of sulfone groups is 1. The smallest absolute Gasteiger partial charge is 0.166 e. The Morgan fingerprint density at radius 2 is 2.10 bits per heavy atom. The zero-order chi connectivity index (χ0) is 15.1. The molecule has 0 amide bonds. The third-order valence-corrected chi connectivity index (χ3v) is 8.60. The first-order chi connectivity index (χ1) is 10.0. The van der Waals surface area contributed by atoms with E-state index in [1.165, 1.54) is 12.8 Å². The van der Waals surface area contributed by atoms with Crippen LogP contribution in [0.15, 0.2) is 0 Å². The molecule has 2 aliphatic heterocycles. The lowest BCUT2D eigenvalue weighted by molar-refractivity contribution is 0.0931. The maximum atomic E-state index is 12.5. The number of rotatable bonds is 5. The van der Waals surface area contributed by atoms with E-state index in [1.807, 2.05) is 0 Å². The Morgan fingerprint density at radius 1 is 1.33 bits per heavy atom. The Morgan fingerprint density at radius 3 is 2.71 bits per heavy atom. The summed E-state index contributed by atoms with van der Waals surface area (Å²) in [5, 5.41) is -0.344. The van der Waals surface area contributed by atoms with E-state index >= 15 is 0 Å². The molecule has 122 valence electrons. The van der Waals surface area contributed by atoms with Gasteiger partial charge in [0.15, 0.2) is 9.84 Å². The first kappa shape index (κ1) is 16.1. The number of thioether (sulfide) groups is 1. The second-order valence-electron chi connectivity index (χ2n) is 6.55. The summed E-state index contributed by atoms with van der Waals surface area (Å²) in [5.41, 5.74) is 6.03. The van der Waals surface area contributed by atoms with Crippen LogP contribution in [0.5, 0.6) is 0 Å². The molecule has 21 heavy (non-hydrogen) atoms. The summed E-state index contributed by atoms with van der Waals surface area (Å²) in [4.78, 5) is 4.79. The Bertz CT molecular complexity index is 481. The lowest BCUT2D eigenvalue weighted by atomic mass is 9.96. The van der Waals surface area contributed by atoms with E-state index in [0.29, 0.717) is 12.3 Å². The van der Waals surface area contributed by atoms with Crippen LogP contribution in [0, 0.1) is 0 Å². The van der Waals surface area contributed by atoms with E-state index in [-0.39, 0.29) is 16.7 Å². The third-order valence-electron chi connectivity index (χ3n) is 5.32. The van der Waals surface area contributed by atoms with Crippen molar-refractivity contribution in [3.05, 3.63) is 0 Å². The normalized spacial score (nSPS) is 36.2. The van der Waals surface area contributed by atoms with Crippen molar-refractivity contribution >= 4 is 21.6 Å². The Kier molecular flexibility index (Phi) is 4.59. The molecular formula is C14H27N3O2S2. The van der Waals surface area contributed by atoms with Crippen LogP contribution in [0.3, 0.4) is 0 Å². The molecule has 2 N–H and O–H groups in total. The number of likely N-dealkylation sites (tertiary alicyclic amines) is 1. The fourth-order valence-corrected chi connectivity index (χ4v) is 6.86. The summed E-state index contributed by atoms with van der Waals surface area (Å²) in [6.45, 7) is 5.20. The van der Waals surface area contributed by atoms with E-state index in [1.54, 1.807) is 18.7 Å². The Balaban J connectivity index is 1.83. The summed E-state index contributed by atoms with van der Waals surface area (Å²) in [6, 6.07) is 0.735. The highest BCUT2D eigenvalue weighted by atomic mass is 32.2. The van der Waals surface area contributed by atoms with Crippen LogP contribution in [0.25, 0.3) is 0 Å². The van der Waals surface area contributed by atoms with Crippen LogP contribution in [0.2, 0.25) is 0 Å². The van der Waals surface area contributed by atoms with Crippen molar-refractivity contribution in [1.29, 1.82) is 0 Å². The van der Waals surface area contributed by atoms with Crippen molar-refractivity contribution < 1.29 is 8.42 Å². The zero-order valence-corrected chi connectivity index (χ0v) is 14.5. The minimum absolute atomic E-state index is 0.128. The van der Waals surface area contributed by atoms with Crippen molar-refractivity contribution in [3.63, 3.8) is 0 Å². The molecule has 3 aliphatic rings. The van der Waals surface area contributed by atoms with Crippen molar-refractivity contribution in [2.45, 2.75) is 43.1 Å². The molecule has 0 aromatic heterocycles. The third kappa shape index (κ3) is 3.00. The van der Waals surface area contributed by atoms with Gasteiger partial charge in [-0.15, -0.1) is 0 Å². The van der Waals surface area contributed by atoms with Gasteiger partial charge in [-0.25, -0.2) is 8.42 Å². The number of nitrogens with two attached hydrogens (primary N) is 1. The quantitative estimate of drug-likeness (QED) is 0.784. The van der Waals surface area contributed by atoms with Crippen LogP contribution in [-0.4, -0.2) is 78.6 Å². The molecule has 3 rings (SSSR count). The van der Waals surface area contributed by atoms with Crippen molar-refractivity contribution in [1.82, 2.24) is 9.80 Å². The SMILES string of the molecule is CCS(=O)(=O)C1CSCCN1C1(CN)CCN(C2CC2)C1. The number of hydrogen-bond acceptors (Lipinski definition) is 6. The molecule has 0 aromatic rings. The molecule has 2 heterocycles. The largest absolute Gasteiger partial charge is 0.329 e. The lowest BCUT2D eigenvalue weighted by Crippen LogP contribution is -2.63. The monoisotopic (exact) mass is 333 g/mol. The van der Waals surface area contributed by atoms with E-state index in [4.69, 9.17) is 5.73 Å². The zero-order valence-electron chi connectivity index (χ0n) is 12.8. The average Bonchev–Trinajstić information content (AvgIpc) is 3.27. The first-order valence-corrected chi connectivity index (χ1v) is 10.9. The second-order valence-corrected chi connectivity index (χ2v) is 10.2. The van der Waals surface area contributed by atoms with Crippen molar-refractivity contribution in [2.75, 3.05) is 43.4 Å². The van der Waals surface area contributed by atoms with Gasteiger partial charge >= 0.3 is 0 Å². The molecule has 3 fully saturated rings. The summed E-state index contributed by atoms with van der Waals surface area (Å²) in [6.07, 6.45) is 3.61. The van der Waals surface area contributed by atoms with Gasteiger partial charge < -0.3 is 5.73 Å². The molecule has 0 bridgehead atoms. The van der Waals surface area contributed by atoms with E-state index in [0.717, 1.165) is 37.8 Å². The maximum Gasteiger partial charge on any atom is 0.166 e. The van der Waals surface area contributed by atoms with Gasteiger partial charge in [0.1, 0.15) is 5.37 Å². The average molecular weight is 334 g/mol. The van der Waals surface area contributed by atoms with Crippen LogP contribution in [-0.2, 0) is 9.84 Å². The fraction of sp³-hybridized carbons (Fsp3) is 1.00. The van der Waals surface area contributed by atoms with Gasteiger partial charge in [-0.1, -0.05) is 6.92 Å². The highest BCUT2D eigenvalue weighted by Gasteiger charge is 2.50. The number of hydrogen-bond donors (Lipinski definition) is 1. The van der Waals surface area contributed by atoms with E-state index in [2.05, 4.69) is 9.80 Å². The molecule has 7 heteroatoms. The highest BCUT2D eigenvalue weighted by molar-refractivity contribution is 8.01. The second kappa shape index (κ2) is 6.00. The molecular weight excluding hydrogens is 306 g/mol. The molecule has 0 spiro atoms. The molecule has 1 saturated carbocycles. The molecule has 2 atom stereocenters. The van der Waals surface area contributed by atoms with Gasteiger partial charge in [-0.05, 0) is 19.3 Å². The van der Waals surface area contributed by atoms with Crippen molar-refractivity contribution in [3.8, 4) is 0 Å². The summed E-state index contributed by atoms with van der Waals surface area (Å²) < 4.78 is 25.0. The van der Waals surface area contributed by atoms with Gasteiger partial charge in [-0.2, -0.15) is 11.8 Å². The molecule has 0 radical (unpaired) electrons. The van der Waals surface area contributed by atoms with Crippen LogP contribution in [0.1, 0.15) is 26.2 Å². The van der Waals surface area contributed by atoms with Crippen LogP contribution < -0.4 is 5.73 Å². The van der Waals surface area contributed by atoms with Gasteiger partial charge in [0.05, 0.1) is 0 Å². The minimum Gasteiger partial charge on any atom is -0.329 e. The van der Waals surface area contributed by atoms with Crippen molar-refractivity contribution in [2.24, 2.45) is 5.73 Å². The number of nitrogens with zero attached hydrogens (tertiary/aromatic N) is 2. The minimum atomic E-state index is -3.05. The first-order valence-electron chi connectivity index (χ1n) is 8.02. The Labute approximate surface area is 132 Å². The molecule has 0 aromatic carbocycles. The summed E-state index contributed by atoms with van der Waals surface area (Å²) >= 11 is 1.76. The van der Waals surface area contributed by atoms with Gasteiger partial charge in [0.2, 0.25) is 0 Å². The molecule has 5 nitrogen and oxygen atoms in total. The van der Waals surface area contributed by atoms with Gasteiger partial charge in [-0.3, -0.25) is 9.80 Å². The fourth-order valence-electron chi connectivity index (χ4n) is 3.77. The predicted molar refractivity (Wildman–Crippen MR) is 88.3 cm³/mol. The van der Waals surface area contributed by atoms with Gasteiger partial charge in [0.25, 0.3) is 0 Å². The molecule has 1 aliphatic carbocycles. The van der Waals surface area contributed by atoms with Gasteiger partial charge in [0, 0.05) is 55.0 Å². The Hall–Kier alpha value is 0.180. The standard InChI is InChI=1S/C14H27N3O2S2/c1-2-21(18,19)13-9-20-8-7-17(13)14(10-15)5-6-16(11-14)12-3-4-12/h12-13H,2-11,15H2,1H3. The predicted octanol–water partition coefficient (Wildman–Crippen LogP) is 0.362. The topological polar surface area (TPSA) is 66.6 Å².